The molecule has 2 bridgehead atoms. The molecule has 8 heteroatoms. The van der Waals surface area contributed by atoms with Crippen molar-refractivity contribution in [1.82, 2.24) is 4.98 Å². The molecule has 0 aliphatic carbocycles. The Kier molecular flexibility index (Phi) is 4.24. The van der Waals surface area contributed by atoms with Crippen molar-refractivity contribution in [2.75, 3.05) is 5.32 Å². The van der Waals surface area contributed by atoms with Crippen LogP contribution in [0.1, 0.15) is 17.7 Å². The number of ether oxygens (including phenoxy) is 1. The molecule has 0 saturated carbocycles. The van der Waals surface area contributed by atoms with Crippen LogP contribution in [0.4, 0.5) is 9.52 Å². The van der Waals surface area contributed by atoms with E-state index in [9.17, 15) is 19.1 Å². The number of carbonyl (C=O) groups is 2. The van der Waals surface area contributed by atoms with Crippen molar-refractivity contribution in [2.24, 2.45) is 11.8 Å². The third-order valence-corrected chi connectivity index (χ3v) is 5.89. The van der Waals surface area contributed by atoms with Gasteiger partial charge in [-0.05, 0) is 44.0 Å². The molecule has 0 spiro atoms. The van der Waals surface area contributed by atoms with Crippen LogP contribution in [0.2, 0.25) is 0 Å². The molecule has 0 radical (unpaired) electrons. The van der Waals surface area contributed by atoms with Crippen molar-refractivity contribution in [3.8, 4) is 11.3 Å². The zero-order chi connectivity index (χ0) is 18.4. The van der Waals surface area contributed by atoms with E-state index in [4.69, 9.17) is 4.74 Å². The maximum Gasteiger partial charge on any atom is 0.310 e. The first-order valence-electron chi connectivity index (χ1n) is 8.36. The number of hydrogen-bond acceptors (Lipinski definition) is 5. The number of thiazole rings is 1. The number of fused-ring (bicyclic) bond motifs is 2. The van der Waals surface area contributed by atoms with Gasteiger partial charge in [-0.3, -0.25) is 9.59 Å². The summed E-state index contributed by atoms with van der Waals surface area (Å²) in [5.74, 6) is -3.22. The van der Waals surface area contributed by atoms with Gasteiger partial charge in [0.15, 0.2) is 5.13 Å². The van der Waals surface area contributed by atoms with Crippen LogP contribution in [0.25, 0.3) is 11.3 Å². The maximum absolute atomic E-state index is 13.1. The minimum absolute atomic E-state index is 0.328. The monoisotopic (exact) mass is 376 g/mol. The molecule has 2 saturated heterocycles. The summed E-state index contributed by atoms with van der Waals surface area (Å²) in [6, 6.07) is 5.98. The van der Waals surface area contributed by atoms with Gasteiger partial charge < -0.3 is 15.2 Å². The average molecular weight is 376 g/mol. The standard InChI is InChI=1S/C18H17FN2O4S/c1-8-15(9-2-4-10(19)5-3-9)20-18(26-8)21-16(22)13-11-6-7-12(25-11)14(13)17(23)24/h2-5,11-14H,6-7H2,1H3,(H,23,24)(H,20,21,22)/t11-,12+,13-,14+/m1/s1. The number of hydrogen-bond donors (Lipinski definition) is 2. The Hall–Kier alpha value is -2.32. The smallest absolute Gasteiger partial charge is 0.310 e. The lowest BCUT2D eigenvalue weighted by Crippen LogP contribution is -2.40. The van der Waals surface area contributed by atoms with Crippen LogP contribution < -0.4 is 5.32 Å². The number of nitrogens with one attached hydrogen (secondary N) is 1. The van der Waals surface area contributed by atoms with Gasteiger partial charge in [-0.2, -0.15) is 0 Å². The fraction of sp³-hybridized carbons (Fsp3) is 0.389. The van der Waals surface area contributed by atoms with E-state index in [0.29, 0.717) is 23.7 Å². The molecule has 2 aliphatic heterocycles. The summed E-state index contributed by atoms with van der Waals surface area (Å²) < 4.78 is 18.7. The molecule has 0 unspecified atom stereocenters. The number of aromatic nitrogens is 1. The van der Waals surface area contributed by atoms with Gasteiger partial charge in [0, 0.05) is 10.4 Å². The van der Waals surface area contributed by atoms with Crippen LogP contribution in [0.5, 0.6) is 0 Å². The molecule has 6 nitrogen and oxygen atoms in total. The fourth-order valence-electron chi connectivity index (χ4n) is 3.84. The molecule has 2 N–H and O–H groups in total. The Labute approximate surface area is 153 Å². The zero-order valence-electron chi connectivity index (χ0n) is 13.9. The van der Waals surface area contributed by atoms with Crippen LogP contribution in [0, 0.1) is 24.6 Å². The second kappa shape index (κ2) is 6.44. The summed E-state index contributed by atoms with van der Waals surface area (Å²) in [5, 5.41) is 12.6. The lowest BCUT2D eigenvalue weighted by Gasteiger charge is -2.23. The number of carboxylic acid groups (broad SMARTS) is 1. The first kappa shape index (κ1) is 17.1. The van der Waals surface area contributed by atoms with Gasteiger partial charge in [0.1, 0.15) is 5.82 Å². The molecule has 4 atom stereocenters. The number of aryl methyl sites for hydroxylation is 1. The Bertz CT molecular complexity index is 867. The molecule has 2 fully saturated rings. The predicted molar refractivity (Wildman–Crippen MR) is 93.4 cm³/mol. The highest BCUT2D eigenvalue weighted by atomic mass is 32.1. The van der Waals surface area contributed by atoms with Crippen molar-refractivity contribution in [2.45, 2.75) is 32.0 Å². The summed E-state index contributed by atoms with van der Waals surface area (Å²) >= 11 is 1.31. The summed E-state index contributed by atoms with van der Waals surface area (Å²) in [6.07, 6.45) is 0.639. The number of carboxylic acids is 1. The Morgan fingerprint density at radius 1 is 1.23 bits per heavy atom. The topological polar surface area (TPSA) is 88.5 Å². The van der Waals surface area contributed by atoms with E-state index in [-0.39, 0.29) is 23.9 Å². The van der Waals surface area contributed by atoms with Crippen molar-refractivity contribution in [3.63, 3.8) is 0 Å². The first-order valence-corrected chi connectivity index (χ1v) is 9.18. The third-order valence-electron chi connectivity index (χ3n) is 5.01. The van der Waals surface area contributed by atoms with E-state index >= 15 is 0 Å². The number of amides is 1. The van der Waals surface area contributed by atoms with Crippen LogP contribution in [0.3, 0.4) is 0 Å². The molecule has 2 aromatic rings. The molecule has 2 aliphatic rings. The van der Waals surface area contributed by atoms with Crippen LogP contribution in [-0.4, -0.2) is 34.2 Å². The molecule has 1 aromatic heterocycles. The quantitative estimate of drug-likeness (QED) is 0.856. The Morgan fingerprint density at radius 2 is 1.88 bits per heavy atom. The largest absolute Gasteiger partial charge is 0.481 e. The van der Waals surface area contributed by atoms with Crippen LogP contribution in [-0.2, 0) is 14.3 Å². The number of nitrogens with zero attached hydrogens (tertiary/aromatic N) is 1. The number of carbonyl (C=O) groups excluding carboxylic acids is 1. The molecule has 1 amide bonds. The summed E-state index contributed by atoms with van der Waals surface area (Å²) in [6.45, 7) is 1.87. The molecular formula is C18H17FN2O4S. The lowest BCUT2D eigenvalue weighted by atomic mass is 9.79. The number of halogens is 1. The van der Waals surface area contributed by atoms with Gasteiger partial charge in [0.05, 0.1) is 29.7 Å². The Morgan fingerprint density at radius 3 is 2.54 bits per heavy atom. The van der Waals surface area contributed by atoms with Crippen LogP contribution >= 0.6 is 11.3 Å². The van der Waals surface area contributed by atoms with Gasteiger partial charge in [0.25, 0.3) is 0 Å². The molecule has 1 aromatic carbocycles. The fourth-order valence-corrected chi connectivity index (χ4v) is 4.68. The number of anilines is 1. The third kappa shape index (κ3) is 2.89. The minimum atomic E-state index is -1.00. The van der Waals surface area contributed by atoms with Gasteiger partial charge >= 0.3 is 5.97 Å². The van der Waals surface area contributed by atoms with Gasteiger partial charge in [-0.1, -0.05) is 0 Å². The van der Waals surface area contributed by atoms with E-state index in [1.807, 2.05) is 6.92 Å². The summed E-state index contributed by atoms with van der Waals surface area (Å²) in [7, 11) is 0. The average Bonchev–Trinajstić information content (AvgIpc) is 3.29. The molecule has 3 heterocycles. The SMILES string of the molecule is Cc1sc(NC(=O)[C@H]2[C@@H](C(=O)O)[C@@H]3CC[C@H]2O3)nc1-c1ccc(F)cc1. The van der Waals surface area contributed by atoms with Crippen molar-refractivity contribution in [3.05, 3.63) is 35.0 Å². The second-order valence-electron chi connectivity index (χ2n) is 6.60. The highest BCUT2D eigenvalue weighted by Gasteiger charge is 2.55. The number of aliphatic carboxylic acids is 1. The van der Waals surface area contributed by atoms with Crippen LogP contribution in [0.15, 0.2) is 24.3 Å². The molecule has 4 rings (SSSR count). The minimum Gasteiger partial charge on any atom is -0.481 e. The maximum atomic E-state index is 13.1. The van der Waals surface area contributed by atoms with Gasteiger partial charge in [-0.25, -0.2) is 9.37 Å². The number of rotatable bonds is 4. The second-order valence-corrected chi connectivity index (χ2v) is 7.80. The normalized spacial score (nSPS) is 26.8. The number of benzene rings is 1. The zero-order valence-corrected chi connectivity index (χ0v) is 14.8. The van der Waals surface area contributed by atoms with E-state index in [1.165, 1.54) is 23.5 Å². The van der Waals surface area contributed by atoms with Crippen molar-refractivity contribution >= 4 is 28.3 Å². The Balaban J connectivity index is 1.54. The highest BCUT2D eigenvalue weighted by Crippen LogP contribution is 2.44. The molecule has 136 valence electrons. The van der Waals surface area contributed by atoms with E-state index in [0.717, 1.165) is 10.4 Å². The first-order chi connectivity index (χ1) is 12.4. The van der Waals surface area contributed by atoms with E-state index in [2.05, 4.69) is 10.3 Å². The molecular weight excluding hydrogens is 359 g/mol. The summed E-state index contributed by atoms with van der Waals surface area (Å²) in [4.78, 5) is 29.5. The highest BCUT2D eigenvalue weighted by molar-refractivity contribution is 7.16. The lowest BCUT2D eigenvalue weighted by molar-refractivity contribution is -0.147. The molecule has 26 heavy (non-hydrogen) atoms. The van der Waals surface area contributed by atoms with E-state index < -0.39 is 17.8 Å². The van der Waals surface area contributed by atoms with Crippen molar-refractivity contribution in [1.29, 1.82) is 0 Å². The predicted octanol–water partition coefficient (Wildman–Crippen LogP) is 3.07. The van der Waals surface area contributed by atoms with Gasteiger partial charge in [-0.15, -0.1) is 11.3 Å². The van der Waals surface area contributed by atoms with Crippen molar-refractivity contribution < 1.29 is 23.8 Å². The van der Waals surface area contributed by atoms with E-state index in [1.54, 1.807) is 12.1 Å². The van der Waals surface area contributed by atoms with Gasteiger partial charge in [0.2, 0.25) is 5.91 Å². The summed E-state index contributed by atoms with van der Waals surface area (Å²) in [5.41, 5.74) is 1.43.